The van der Waals surface area contributed by atoms with Crippen molar-refractivity contribution in [1.29, 1.82) is 0 Å². The minimum atomic E-state index is -0.617. The van der Waals surface area contributed by atoms with Crippen molar-refractivity contribution < 1.29 is 14.6 Å². The minimum Gasteiger partial charge on any atom is -0.392 e. The molecule has 3 unspecified atom stereocenters. The molecule has 1 aromatic rings. The lowest BCUT2D eigenvalue weighted by Gasteiger charge is -2.56. The molecule has 1 amide bonds. The first kappa shape index (κ1) is 20.2. The molecule has 1 spiro atoms. The van der Waals surface area contributed by atoms with Crippen molar-refractivity contribution >= 4 is 18.3 Å². The summed E-state index contributed by atoms with van der Waals surface area (Å²) in [6, 6.07) is 7.18. The fraction of sp³-hybridized carbons (Fsp3) is 0.632. The number of hydrogen-bond donors (Lipinski definition) is 2. The predicted molar refractivity (Wildman–Crippen MR) is 99.6 cm³/mol. The number of nitrogens with two attached hydrogens (primary N) is 1. The Morgan fingerprint density at radius 2 is 1.96 bits per heavy atom. The van der Waals surface area contributed by atoms with Gasteiger partial charge in [0.05, 0.1) is 12.2 Å². The zero-order valence-electron chi connectivity index (χ0n) is 15.0. The first-order chi connectivity index (χ1) is 11.5. The summed E-state index contributed by atoms with van der Waals surface area (Å²) >= 11 is 0. The summed E-state index contributed by atoms with van der Waals surface area (Å²) in [5.41, 5.74) is 8.01. The first-order valence-electron chi connectivity index (χ1n) is 8.88. The molecule has 6 heteroatoms. The maximum absolute atomic E-state index is 12.7. The monoisotopic (exact) mass is 368 g/mol. The van der Waals surface area contributed by atoms with Gasteiger partial charge in [0, 0.05) is 31.5 Å². The van der Waals surface area contributed by atoms with Crippen molar-refractivity contribution in [2.24, 2.45) is 11.1 Å². The van der Waals surface area contributed by atoms with Gasteiger partial charge in [-0.3, -0.25) is 4.79 Å². The highest BCUT2D eigenvalue weighted by atomic mass is 35.5. The van der Waals surface area contributed by atoms with Crippen LogP contribution in [0.25, 0.3) is 0 Å². The molecule has 0 aromatic heterocycles. The highest BCUT2D eigenvalue weighted by Crippen LogP contribution is 2.51. The summed E-state index contributed by atoms with van der Waals surface area (Å²) in [4.78, 5) is 14.5. The second-order valence-electron chi connectivity index (χ2n) is 7.14. The fourth-order valence-electron chi connectivity index (χ4n) is 4.07. The van der Waals surface area contributed by atoms with E-state index in [1.807, 2.05) is 43.0 Å². The third-order valence-electron chi connectivity index (χ3n) is 5.82. The van der Waals surface area contributed by atoms with Crippen molar-refractivity contribution in [1.82, 2.24) is 4.90 Å². The summed E-state index contributed by atoms with van der Waals surface area (Å²) in [6.07, 6.45) is 2.10. The van der Waals surface area contributed by atoms with Crippen LogP contribution in [0.15, 0.2) is 24.3 Å². The van der Waals surface area contributed by atoms with Crippen LogP contribution in [0.2, 0.25) is 0 Å². The topological polar surface area (TPSA) is 75.8 Å². The van der Waals surface area contributed by atoms with Gasteiger partial charge in [0.25, 0.3) is 0 Å². The second kappa shape index (κ2) is 8.04. The van der Waals surface area contributed by atoms with Crippen molar-refractivity contribution in [3.63, 3.8) is 0 Å². The quantitative estimate of drug-likeness (QED) is 0.854. The van der Waals surface area contributed by atoms with E-state index in [1.165, 1.54) is 0 Å². The summed E-state index contributed by atoms with van der Waals surface area (Å²) in [5.74, 6) is -0.0320. The van der Waals surface area contributed by atoms with E-state index in [2.05, 4.69) is 0 Å². The van der Waals surface area contributed by atoms with Crippen molar-refractivity contribution in [2.75, 3.05) is 19.7 Å². The van der Waals surface area contributed by atoms with Gasteiger partial charge in [0.15, 0.2) is 0 Å². The number of carbonyl (C=O) groups excluding carboxylic acids is 1. The van der Waals surface area contributed by atoms with E-state index >= 15 is 0 Å². The van der Waals surface area contributed by atoms with Crippen LogP contribution >= 0.6 is 12.4 Å². The van der Waals surface area contributed by atoms with E-state index in [1.54, 1.807) is 0 Å². The van der Waals surface area contributed by atoms with Crippen molar-refractivity contribution in [2.45, 2.75) is 51.4 Å². The highest BCUT2D eigenvalue weighted by Gasteiger charge is 2.56. The molecule has 5 nitrogen and oxygen atoms in total. The Bertz CT molecular complexity index is 583. The van der Waals surface area contributed by atoms with Gasteiger partial charge in [-0.15, -0.1) is 12.4 Å². The molecule has 1 aromatic carbocycles. The molecule has 2 aliphatic rings. The maximum atomic E-state index is 12.7. The summed E-state index contributed by atoms with van der Waals surface area (Å²) in [6.45, 7) is 5.94. The number of carbonyl (C=O) groups is 1. The lowest BCUT2D eigenvalue weighted by Crippen LogP contribution is -2.63. The van der Waals surface area contributed by atoms with Crippen LogP contribution in [0.5, 0.6) is 0 Å². The van der Waals surface area contributed by atoms with Crippen LogP contribution in [0.1, 0.15) is 43.4 Å². The number of amides is 1. The van der Waals surface area contributed by atoms with Crippen LogP contribution < -0.4 is 5.73 Å². The molecule has 3 N–H and O–H groups in total. The molecule has 1 saturated heterocycles. The smallest absolute Gasteiger partial charge is 0.244 e. The number of halogens is 1. The van der Waals surface area contributed by atoms with E-state index < -0.39 is 6.04 Å². The number of likely N-dealkylation sites (tertiary alicyclic amines) is 1. The van der Waals surface area contributed by atoms with Gasteiger partial charge in [-0.2, -0.15) is 0 Å². The number of piperidine rings is 1. The largest absolute Gasteiger partial charge is 0.392 e. The summed E-state index contributed by atoms with van der Waals surface area (Å²) in [7, 11) is 0. The predicted octanol–water partition coefficient (Wildman–Crippen LogP) is 2.20. The number of aliphatic hydroxyl groups excluding tert-OH is 1. The SMILES string of the molecule is CCOC1CC(O)C12CCN(C(=O)C(N)c1ccc(C)cc1)CC2.Cl. The first-order valence-corrected chi connectivity index (χ1v) is 8.88. The van der Waals surface area contributed by atoms with Crippen molar-refractivity contribution in [3.05, 3.63) is 35.4 Å². The molecular weight excluding hydrogens is 340 g/mol. The zero-order chi connectivity index (χ0) is 17.3. The van der Waals surface area contributed by atoms with Gasteiger partial charge in [-0.05, 0) is 32.3 Å². The normalized spacial score (nSPS) is 25.8. The molecule has 3 atom stereocenters. The lowest BCUT2D eigenvalue weighted by atomic mass is 9.58. The number of aryl methyl sites for hydroxylation is 1. The van der Waals surface area contributed by atoms with Crippen molar-refractivity contribution in [3.8, 4) is 0 Å². The van der Waals surface area contributed by atoms with Crippen LogP contribution in [-0.2, 0) is 9.53 Å². The van der Waals surface area contributed by atoms with Crippen LogP contribution in [0, 0.1) is 12.3 Å². The molecule has 2 fully saturated rings. The maximum Gasteiger partial charge on any atom is 0.244 e. The van der Waals surface area contributed by atoms with Gasteiger partial charge in [-0.1, -0.05) is 29.8 Å². The van der Waals surface area contributed by atoms with E-state index in [0.29, 0.717) is 26.1 Å². The number of aliphatic hydroxyl groups is 1. The number of benzene rings is 1. The minimum absolute atomic E-state index is 0. The molecular formula is C19H29ClN2O3. The average Bonchev–Trinajstić information content (AvgIpc) is 2.61. The van der Waals surface area contributed by atoms with E-state index in [9.17, 15) is 9.90 Å². The Hall–Kier alpha value is -1.14. The number of nitrogens with zero attached hydrogens (tertiary/aromatic N) is 1. The van der Waals surface area contributed by atoms with Gasteiger partial charge in [0.2, 0.25) is 5.91 Å². The van der Waals surface area contributed by atoms with Gasteiger partial charge >= 0.3 is 0 Å². The third kappa shape index (κ3) is 3.70. The average molecular weight is 369 g/mol. The highest BCUT2D eigenvalue weighted by molar-refractivity contribution is 5.85. The molecule has 25 heavy (non-hydrogen) atoms. The standard InChI is InChI=1S/C19H28N2O3.ClH/c1-3-24-16-12-15(22)19(16)8-10-21(11-9-19)18(23)17(20)14-6-4-13(2)5-7-14;/h4-7,15-17,22H,3,8-12,20H2,1-2H3;1H. The van der Waals surface area contributed by atoms with E-state index in [-0.39, 0.29) is 35.9 Å². The third-order valence-corrected chi connectivity index (χ3v) is 5.82. The van der Waals surface area contributed by atoms with Gasteiger partial charge in [0.1, 0.15) is 6.04 Å². The number of hydrogen-bond acceptors (Lipinski definition) is 4. The summed E-state index contributed by atoms with van der Waals surface area (Å²) < 4.78 is 5.78. The molecule has 0 bridgehead atoms. The molecule has 1 aliphatic heterocycles. The Morgan fingerprint density at radius 3 is 2.48 bits per heavy atom. The molecule has 1 aliphatic carbocycles. The molecule has 0 radical (unpaired) electrons. The summed E-state index contributed by atoms with van der Waals surface area (Å²) in [5, 5.41) is 10.3. The Labute approximate surface area is 155 Å². The number of ether oxygens (including phenoxy) is 1. The molecule has 3 rings (SSSR count). The number of rotatable bonds is 4. The molecule has 1 heterocycles. The Morgan fingerprint density at radius 1 is 1.36 bits per heavy atom. The van der Waals surface area contributed by atoms with Gasteiger partial charge in [-0.25, -0.2) is 0 Å². The lowest BCUT2D eigenvalue weighted by molar-refractivity contribution is -0.210. The van der Waals surface area contributed by atoms with Gasteiger partial charge < -0.3 is 20.5 Å². The van der Waals surface area contributed by atoms with Crippen LogP contribution in [-0.4, -0.2) is 47.8 Å². The van der Waals surface area contributed by atoms with Crippen LogP contribution in [0.4, 0.5) is 0 Å². The fourth-order valence-corrected chi connectivity index (χ4v) is 4.07. The Balaban J connectivity index is 0.00000225. The molecule has 140 valence electrons. The van der Waals surface area contributed by atoms with E-state index in [0.717, 1.165) is 24.0 Å². The van der Waals surface area contributed by atoms with E-state index in [4.69, 9.17) is 10.5 Å². The zero-order valence-corrected chi connectivity index (χ0v) is 15.8. The second-order valence-corrected chi connectivity index (χ2v) is 7.14. The van der Waals surface area contributed by atoms with Crippen LogP contribution in [0.3, 0.4) is 0 Å². The Kier molecular flexibility index (Phi) is 6.49. The molecule has 1 saturated carbocycles.